The highest BCUT2D eigenvalue weighted by Gasteiger charge is 2.21. The summed E-state index contributed by atoms with van der Waals surface area (Å²) in [6.07, 6.45) is 7.70. The normalized spacial score (nSPS) is 27.6. The first-order valence-electron chi connectivity index (χ1n) is 6.09. The van der Waals surface area contributed by atoms with Crippen LogP contribution >= 0.6 is 0 Å². The van der Waals surface area contributed by atoms with E-state index >= 15 is 0 Å². The monoisotopic (exact) mass is 220 g/mol. The average Bonchev–Trinajstić information content (AvgIpc) is 2.30. The van der Waals surface area contributed by atoms with Crippen LogP contribution in [-0.2, 0) is 0 Å². The number of aromatic nitrogens is 1. The molecule has 0 aliphatic heterocycles. The lowest BCUT2D eigenvalue weighted by atomic mass is 9.92. The van der Waals surface area contributed by atoms with Crippen molar-refractivity contribution in [3.05, 3.63) is 30.1 Å². The first-order chi connectivity index (χ1) is 7.75. The van der Waals surface area contributed by atoms with Crippen LogP contribution < -0.4 is 5.32 Å². The van der Waals surface area contributed by atoms with Crippen molar-refractivity contribution >= 4 is 0 Å². The molecule has 0 radical (unpaired) electrons. The van der Waals surface area contributed by atoms with Gasteiger partial charge in [-0.15, -0.1) is 0 Å². The van der Waals surface area contributed by atoms with E-state index in [4.69, 9.17) is 0 Å². The Morgan fingerprint density at radius 3 is 3.06 bits per heavy atom. The number of aliphatic hydroxyl groups excluding tert-OH is 1. The Morgan fingerprint density at radius 2 is 2.38 bits per heavy atom. The summed E-state index contributed by atoms with van der Waals surface area (Å²) in [6.45, 7) is 2.15. The molecule has 1 aliphatic rings. The van der Waals surface area contributed by atoms with Crippen LogP contribution in [0, 0.1) is 0 Å². The van der Waals surface area contributed by atoms with Crippen LogP contribution in [0.5, 0.6) is 0 Å². The molecule has 1 saturated carbocycles. The summed E-state index contributed by atoms with van der Waals surface area (Å²) >= 11 is 0. The summed E-state index contributed by atoms with van der Waals surface area (Å²) in [5, 5.41) is 13.2. The highest BCUT2D eigenvalue weighted by atomic mass is 16.3. The van der Waals surface area contributed by atoms with Crippen molar-refractivity contribution in [2.45, 2.75) is 50.8 Å². The van der Waals surface area contributed by atoms with Gasteiger partial charge in [0.2, 0.25) is 0 Å². The molecule has 3 nitrogen and oxygen atoms in total. The molecule has 88 valence electrons. The van der Waals surface area contributed by atoms with Gasteiger partial charge >= 0.3 is 0 Å². The van der Waals surface area contributed by atoms with E-state index in [1.165, 1.54) is 12.0 Å². The number of pyridine rings is 1. The van der Waals surface area contributed by atoms with E-state index in [1.54, 1.807) is 6.20 Å². The number of nitrogens with one attached hydrogen (secondary N) is 1. The van der Waals surface area contributed by atoms with Crippen LogP contribution in [0.4, 0.5) is 0 Å². The van der Waals surface area contributed by atoms with Crippen LogP contribution in [0.25, 0.3) is 0 Å². The molecule has 1 aromatic heterocycles. The Balaban J connectivity index is 1.89. The van der Waals surface area contributed by atoms with E-state index in [1.807, 2.05) is 12.3 Å². The molecule has 3 heteroatoms. The molecule has 1 heterocycles. The molecule has 0 spiro atoms. The maximum absolute atomic E-state index is 9.61. The SMILES string of the molecule is CC(NC1CCCC(O)C1)c1cccnc1. The van der Waals surface area contributed by atoms with Crippen molar-refractivity contribution in [2.24, 2.45) is 0 Å². The number of aliphatic hydroxyl groups is 1. The summed E-state index contributed by atoms with van der Waals surface area (Å²) in [5.74, 6) is 0. The number of rotatable bonds is 3. The zero-order chi connectivity index (χ0) is 11.4. The average molecular weight is 220 g/mol. The summed E-state index contributed by atoms with van der Waals surface area (Å²) in [7, 11) is 0. The number of hydrogen-bond acceptors (Lipinski definition) is 3. The molecule has 0 bridgehead atoms. The zero-order valence-electron chi connectivity index (χ0n) is 9.76. The summed E-state index contributed by atoms with van der Waals surface area (Å²) in [6, 6.07) is 4.80. The molecule has 3 unspecified atom stereocenters. The van der Waals surface area contributed by atoms with Crippen molar-refractivity contribution in [3.63, 3.8) is 0 Å². The standard InChI is InChI=1S/C13H20N2O/c1-10(11-4-3-7-14-9-11)15-12-5-2-6-13(16)8-12/h3-4,7,9-10,12-13,15-16H,2,5-6,8H2,1H3. The molecule has 1 aromatic rings. The predicted molar refractivity (Wildman–Crippen MR) is 64.1 cm³/mol. The summed E-state index contributed by atoms with van der Waals surface area (Å²) in [4.78, 5) is 4.12. The van der Waals surface area contributed by atoms with Gasteiger partial charge in [0.05, 0.1) is 6.10 Å². The molecule has 3 atom stereocenters. The van der Waals surface area contributed by atoms with E-state index < -0.39 is 0 Å². The Kier molecular flexibility index (Phi) is 3.91. The van der Waals surface area contributed by atoms with Gasteiger partial charge in [-0.05, 0) is 44.2 Å². The quantitative estimate of drug-likeness (QED) is 0.819. The minimum Gasteiger partial charge on any atom is -0.393 e. The van der Waals surface area contributed by atoms with Gasteiger partial charge in [0.1, 0.15) is 0 Å². The third-order valence-electron chi connectivity index (χ3n) is 3.32. The van der Waals surface area contributed by atoms with Crippen molar-refractivity contribution in [1.29, 1.82) is 0 Å². The molecule has 1 aliphatic carbocycles. The van der Waals surface area contributed by atoms with E-state index in [0.29, 0.717) is 12.1 Å². The Labute approximate surface area is 96.9 Å². The second-order valence-electron chi connectivity index (χ2n) is 4.69. The van der Waals surface area contributed by atoms with Gasteiger partial charge in [-0.3, -0.25) is 4.98 Å². The Bertz CT molecular complexity index is 315. The van der Waals surface area contributed by atoms with Gasteiger partial charge < -0.3 is 10.4 Å². The summed E-state index contributed by atoms with van der Waals surface area (Å²) in [5.41, 5.74) is 1.21. The fourth-order valence-electron chi connectivity index (χ4n) is 2.40. The highest BCUT2D eigenvalue weighted by Crippen LogP contribution is 2.21. The number of nitrogens with zero attached hydrogens (tertiary/aromatic N) is 1. The predicted octanol–water partition coefficient (Wildman–Crippen LogP) is 2.04. The van der Waals surface area contributed by atoms with Gasteiger partial charge in [0.25, 0.3) is 0 Å². The van der Waals surface area contributed by atoms with Crippen LogP contribution in [0.2, 0.25) is 0 Å². The third-order valence-corrected chi connectivity index (χ3v) is 3.32. The van der Waals surface area contributed by atoms with Crippen LogP contribution in [-0.4, -0.2) is 22.2 Å². The van der Waals surface area contributed by atoms with Gasteiger partial charge in [-0.25, -0.2) is 0 Å². The van der Waals surface area contributed by atoms with Crippen molar-refractivity contribution in [3.8, 4) is 0 Å². The Morgan fingerprint density at radius 1 is 1.50 bits per heavy atom. The lowest BCUT2D eigenvalue weighted by molar-refractivity contribution is 0.109. The lowest BCUT2D eigenvalue weighted by Crippen LogP contribution is -2.37. The number of hydrogen-bond donors (Lipinski definition) is 2. The Hall–Kier alpha value is -0.930. The molecule has 0 saturated heterocycles. The largest absolute Gasteiger partial charge is 0.393 e. The summed E-state index contributed by atoms with van der Waals surface area (Å²) < 4.78 is 0. The maximum atomic E-state index is 9.61. The molecule has 1 fully saturated rings. The maximum Gasteiger partial charge on any atom is 0.0555 e. The van der Waals surface area contributed by atoms with Gasteiger partial charge in [-0.1, -0.05) is 6.07 Å². The topological polar surface area (TPSA) is 45.1 Å². The second kappa shape index (κ2) is 5.41. The fraction of sp³-hybridized carbons (Fsp3) is 0.615. The minimum atomic E-state index is -0.118. The smallest absolute Gasteiger partial charge is 0.0555 e. The van der Waals surface area contributed by atoms with Gasteiger partial charge in [0, 0.05) is 24.5 Å². The first kappa shape index (κ1) is 11.6. The van der Waals surface area contributed by atoms with Crippen molar-refractivity contribution in [2.75, 3.05) is 0 Å². The van der Waals surface area contributed by atoms with E-state index in [0.717, 1.165) is 19.3 Å². The van der Waals surface area contributed by atoms with E-state index in [9.17, 15) is 5.11 Å². The van der Waals surface area contributed by atoms with Crippen LogP contribution in [0.1, 0.15) is 44.2 Å². The van der Waals surface area contributed by atoms with Crippen molar-refractivity contribution < 1.29 is 5.11 Å². The first-order valence-corrected chi connectivity index (χ1v) is 6.09. The van der Waals surface area contributed by atoms with Crippen molar-refractivity contribution in [1.82, 2.24) is 10.3 Å². The lowest BCUT2D eigenvalue weighted by Gasteiger charge is -2.29. The molecule has 16 heavy (non-hydrogen) atoms. The van der Waals surface area contributed by atoms with Crippen LogP contribution in [0.15, 0.2) is 24.5 Å². The molecule has 0 amide bonds. The van der Waals surface area contributed by atoms with Gasteiger partial charge in [-0.2, -0.15) is 0 Å². The van der Waals surface area contributed by atoms with E-state index in [-0.39, 0.29) is 6.10 Å². The highest BCUT2D eigenvalue weighted by molar-refractivity contribution is 5.13. The molecule has 2 N–H and O–H groups in total. The zero-order valence-corrected chi connectivity index (χ0v) is 9.76. The fourth-order valence-corrected chi connectivity index (χ4v) is 2.40. The second-order valence-corrected chi connectivity index (χ2v) is 4.69. The molecule has 2 rings (SSSR count). The molecular weight excluding hydrogens is 200 g/mol. The minimum absolute atomic E-state index is 0.118. The molecular formula is C13H20N2O. The molecule has 0 aromatic carbocycles. The van der Waals surface area contributed by atoms with Crippen LogP contribution in [0.3, 0.4) is 0 Å². The van der Waals surface area contributed by atoms with E-state index in [2.05, 4.69) is 23.3 Å². The van der Waals surface area contributed by atoms with Gasteiger partial charge in [0.15, 0.2) is 0 Å². The third kappa shape index (κ3) is 3.03.